The van der Waals surface area contributed by atoms with Crippen LogP contribution in [-0.4, -0.2) is 0 Å². The molecule has 0 heterocycles. The van der Waals surface area contributed by atoms with Gasteiger partial charge in [0.2, 0.25) is 0 Å². The maximum Gasteiger partial charge on any atom is 0.0333 e. The van der Waals surface area contributed by atoms with Crippen molar-refractivity contribution in [2.75, 3.05) is 0 Å². The SMILES string of the molecule is Brc1c2ccc(-c3c4ccccc4c(-c4ccc5c(Br)c6cc(-c7ccccc7)ccc6c(Br)c5c4)c4ccccc34)cc2c(Br)c2ccc(-c3ccccc3)cc12.CC.CC.II. The summed E-state index contributed by atoms with van der Waals surface area (Å²) >= 11 is 20.5. The van der Waals surface area contributed by atoms with Gasteiger partial charge in [-0.05, 0) is 197 Å². The van der Waals surface area contributed by atoms with Crippen molar-refractivity contribution in [1.82, 2.24) is 0 Å². The lowest BCUT2D eigenvalue weighted by molar-refractivity contribution is 1.50. The van der Waals surface area contributed by atoms with Gasteiger partial charge in [-0.25, -0.2) is 0 Å². The number of hydrogen-bond acceptors (Lipinski definition) is 0. The summed E-state index contributed by atoms with van der Waals surface area (Å²) in [5.74, 6) is 0. The van der Waals surface area contributed by atoms with Crippen molar-refractivity contribution in [3.63, 3.8) is 0 Å². The second kappa shape index (κ2) is 20.9. The molecule has 0 radical (unpaired) electrons. The van der Waals surface area contributed by atoms with E-state index in [1.165, 1.54) is 109 Å². The second-order valence-electron chi connectivity index (χ2n) is 14.9. The summed E-state index contributed by atoms with van der Waals surface area (Å²) in [5.41, 5.74) is 9.67. The maximum atomic E-state index is 4.08. The molecule has 0 saturated carbocycles. The molecule has 11 aromatic rings. The van der Waals surface area contributed by atoms with E-state index in [-0.39, 0.29) is 0 Å². The molecule has 0 amide bonds. The predicted molar refractivity (Wildman–Crippen MR) is 315 cm³/mol. The van der Waals surface area contributed by atoms with E-state index in [1.54, 1.807) is 0 Å². The average Bonchev–Trinajstić information content (AvgIpc) is 3.38. The Morgan fingerprint density at radius 1 is 0.234 bits per heavy atom. The molecule has 0 saturated heterocycles. The fourth-order valence-corrected chi connectivity index (χ4v) is 11.6. The van der Waals surface area contributed by atoms with Crippen molar-refractivity contribution in [2.45, 2.75) is 27.7 Å². The zero-order chi connectivity index (χ0) is 45.1. The zero-order valence-corrected chi connectivity index (χ0v) is 46.2. The molecule has 0 nitrogen and oxygen atoms in total. The van der Waals surface area contributed by atoms with Gasteiger partial charge in [-0.1, -0.05) is 185 Å². The van der Waals surface area contributed by atoms with Gasteiger partial charge in [0.1, 0.15) is 0 Å². The van der Waals surface area contributed by atoms with Crippen LogP contribution in [0.15, 0.2) is 200 Å². The van der Waals surface area contributed by atoms with E-state index in [1.807, 2.05) is 27.7 Å². The summed E-state index contributed by atoms with van der Waals surface area (Å²) < 4.78 is 4.41. The van der Waals surface area contributed by atoms with E-state index >= 15 is 0 Å². The summed E-state index contributed by atoms with van der Waals surface area (Å²) in [4.78, 5) is 0. The van der Waals surface area contributed by atoms with Gasteiger partial charge in [0.25, 0.3) is 0 Å². The lowest BCUT2D eigenvalue weighted by Gasteiger charge is -2.19. The van der Waals surface area contributed by atoms with Gasteiger partial charge in [-0.2, -0.15) is 0 Å². The third-order valence-electron chi connectivity index (χ3n) is 11.7. The first kappa shape index (κ1) is 46.9. The van der Waals surface area contributed by atoms with Crippen LogP contribution in [0.3, 0.4) is 0 Å². The highest BCUT2D eigenvalue weighted by molar-refractivity contribution is 15.0. The normalized spacial score (nSPS) is 11.0. The van der Waals surface area contributed by atoms with E-state index in [2.05, 4.69) is 283 Å². The molecule has 0 aromatic heterocycles. The minimum atomic E-state index is 1.10. The Morgan fingerprint density at radius 2 is 0.469 bits per heavy atom. The molecule has 0 bridgehead atoms. The third kappa shape index (κ3) is 8.49. The van der Waals surface area contributed by atoms with Crippen LogP contribution >= 0.6 is 101 Å². The van der Waals surface area contributed by atoms with Gasteiger partial charge >= 0.3 is 0 Å². The molecule has 0 N–H and O–H groups in total. The molecule has 316 valence electrons. The molecular weight excluding hydrogens is 1270 g/mol. The molecule has 0 spiro atoms. The minimum absolute atomic E-state index is 1.10. The number of halogens is 6. The summed E-state index contributed by atoms with van der Waals surface area (Å²) in [6, 6.07) is 66.3. The van der Waals surface area contributed by atoms with Crippen molar-refractivity contribution in [3.05, 3.63) is 200 Å². The monoisotopic (exact) mass is 1310 g/mol. The Hall–Kier alpha value is -3.64. The van der Waals surface area contributed by atoms with E-state index in [0.29, 0.717) is 0 Å². The van der Waals surface area contributed by atoms with E-state index in [0.717, 1.165) is 17.9 Å². The van der Waals surface area contributed by atoms with Gasteiger partial charge in [0.05, 0.1) is 0 Å². The molecule has 0 aliphatic rings. The largest absolute Gasteiger partial charge is 0.0683 e. The van der Waals surface area contributed by atoms with Crippen LogP contribution in [0, 0.1) is 0 Å². The standard InChI is InChI=1S/C54H30Br4.2C2H6.I2/c55-51-43-25-21-35(29-47(43)53(57)41-23-19-33(27-45(41)51)31-11-3-1-4-12-31)49-37-15-7-9-17-39(37)50(40-18-10-8-16-38(40)49)36-22-26-44-48(30-36)54(58)42-24-20-34(28-46(42)52(44)56)32-13-5-2-6-14-32;3*1-2/h1-30H;2*1-2H3;. The highest BCUT2D eigenvalue weighted by Crippen LogP contribution is 2.48. The van der Waals surface area contributed by atoms with Crippen molar-refractivity contribution >= 4 is 166 Å². The molecule has 0 aliphatic heterocycles. The molecule has 0 fully saturated rings. The van der Waals surface area contributed by atoms with Crippen LogP contribution in [0.25, 0.3) is 109 Å². The zero-order valence-electron chi connectivity index (χ0n) is 35.6. The summed E-state index contributed by atoms with van der Waals surface area (Å²) in [5, 5.41) is 14.4. The number of fused-ring (bicyclic) bond motifs is 6. The molecule has 0 atom stereocenters. The molecule has 0 unspecified atom stereocenters. The van der Waals surface area contributed by atoms with Gasteiger partial charge < -0.3 is 0 Å². The van der Waals surface area contributed by atoms with E-state index in [9.17, 15) is 0 Å². The molecule has 0 aliphatic carbocycles. The molecular formula is C58H42Br4I2. The third-order valence-corrected chi connectivity index (χ3v) is 15.1. The lowest BCUT2D eigenvalue weighted by atomic mass is 9.85. The quantitative estimate of drug-likeness (QED) is 0.122. The minimum Gasteiger partial charge on any atom is -0.0683 e. The summed E-state index contributed by atoms with van der Waals surface area (Å²) in [6.45, 7) is 8.00. The second-order valence-corrected chi connectivity index (χ2v) is 18.0. The Labute approximate surface area is 432 Å². The maximum absolute atomic E-state index is 4.08. The van der Waals surface area contributed by atoms with Crippen LogP contribution in [0.2, 0.25) is 0 Å². The first-order valence-electron chi connectivity index (χ1n) is 21.3. The van der Waals surface area contributed by atoms with Gasteiger partial charge in [0, 0.05) is 55.1 Å². The summed E-state index contributed by atoms with van der Waals surface area (Å²) in [7, 11) is 0. The van der Waals surface area contributed by atoms with Crippen molar-refractivity contribution < 1.29 is 0 Å². The average molecular weight is 1310 g/mol. The lowest BCUT2D eigenvalue weighted by Crippen LogP contribution is -1.92. The molecule has 64 heavy (non-hydrogen) atoms. The molecule has 6 heteroatoms. The topological polar surface area (TPSA) is 0 Å². The van der Waals surface area contributed by atoms with Crippen LogP contribution in [0.4, 0.5) is 0 Å². The van der Waals surface area contributed by atoms with Crippen molar-refractivity contribution in [2.24, 2.45) is 0 Å². The number of hydrogen-bond donors (Lipinski definition) is 0. The van der Waals surface area contributed by atoms with Crippen LogP contribution in [-0.2, 0) is 0 Å². The number of rotatable bonds is 4. The van der Waals surface area contributed by atoms with Crippen molar-refractivity contribution in [3.8, 4) is 44.5 Å². The van der Waals surface area contributed by atoms with Crippen LogP contribution in [0.5, 0.6) is 0 Å². The highest BCUT2D eigenvalue weighted by Gasteiger charge is 2.20. The van der Waals surface area contributed by atoms with Gasteiger partial charge in [0.15, 0.2) is 0 Å². The first-order chi connectivity index (χ1) is 31.4. The Balaban J connectivity index is 0.000000898. The van der Waals surface area contributed by atoms with Gasteiger partial charge in [-0.15, -0.1) is 0 Å². The Morgan fingerprint density at radius 3 is 0.750 bits per heavy atom. The summed E-state index contributed by atoms with van der Waals surface area (Å²) in [6.07, 6.45) is 0. The smallest absolute Gasteiger partial charge is 0.0333 e. The Bertz CT molecular complexity index is 3210. The Kier molecular flexibility index (Phi) is 15.3. The van der Waals surface area contributed by atoms with E-state index < -0.39 is 0 Å². The molecule has 11 aromatic carbocycles. The number of benzene rings is 11. The van der Waals surface area contributed by atoms with Crippen molar-refractivity contribution in [1.29, 1.82) is 0 Å². The van der Waals surface area contributed by atoms with Gasteiger partial charge in [-0.3, -0.25) is 0 Å². The fraction of sp³-hybridized carbons (Fsp3) is 0.0690. The van der Waals surface area contributed by atoms with Crippen LogP contribution in [0.1, 0.15) is 27.7 Å². The van der Waals surface area contributed by atoms with E-state index in [4.69, 9.17) is 0 Å². The molecule has 11 rings (SSSR count). The first-order valence-corrected chi connectivity index (χ1v) is 30.8. The fourth-order valence-electron chi connectivity index (χ4n) is 8.93. The predicted octanol–water partition coefficient (Wildman–Crippen LogP) is 22.1. The highest BCUT2D eigenvalue weighted by atomic mass is 128. The van der Waals surface area contributed by atoms with Crippen LogP contribution < -0.4 is 0 Å².